The number of hydrogen-bond acceptors (Lipinski definition) is 4. The fourth-order valence-electron chi connectivity index (χ4n) is 3.11. The highest BCUT2D eigenvalue weighted by Gasteiger charge is 2.51. The van der Waals surface area contributed by atoms with Crippen molar-refractivity contribution in [2.45, 2.75) is 54.6 Å². The van der Waals surface area contributed by atoms with E-state index in [0.29, 0.717) is 32.5 Å². The molecule has 21 heavy (non-hydrogen) atoms. The highest BCUT2D eigenvalue weighted by Crippen LogP contribution is 2.43. The summed E-state index contributed by atoms with van der Waals surface area (Å²) < 4.78 is 24.4. The normalized spacial score (nSPS) is 33.2. The van der Waals surface area contributed by atoms with Crippen LogP contribution in [0.4, 0.5) is 0 Å². The van der Waals surface area contributed by atoms with E-state index >= 15 is 0 Å². The zero-order valence-electron chi connectivity index (χ0n) is 12.5. The van der Waals surface area contributed by atoms with E-state index in [1.807, 2.05) is 31.2 Å². The van der Waals surface area contributed by atoms with E-state index in [9.17, 15) is 9.32 Å². The number of benzene rings is 1. The monoisotopic (exact) mass is 310 g/mol. The van der Waals surface area contributed by atoms with Gasteiger partial charge in [-0.3, -0.25) is 4.21 Å². The van der Waals surface area contributed by atoms with E-state index in [4.69, 9.17) is 9.47 Å². The molecule has 2 fully saturated rings. The third-order valence-electron chi connectivity index (χ3n) is 4.53. The van der Waals surface area contributed by atoms with Crippen molar-refractivity contribution < 1.29 is 18.8 Å². The van der Waals surface area contributed by atoms with Crippen molar-refractivity contribution >= 4 is 10.8 Å². The molecule has 0 aromatic heterocycles. The molecule has 1 aliphatic heterocycles. The van der Waals surface area contributed by atoms with Crippen molar-refractivity contribution in [2.75, 3.05) is 13.2 Å². The minimum atomic E-state index is -1.28. The lowest BCUT2D eigenvalue weighted by atomic mass is 9.82. The molecular formula is C16H22O4S. The fourth-order valence-corrected chi connectivity index (χ4v) is 4.83. The Balaban J connectivity index is 1.86. The number of aryl methyl sites for hydroxylation is 1. The first-order valence-electron chi connectivity index (χ1n) is 7.39. The topological polar surface area (TPSA) is 55.8 Å². The predicted octanol–water partition coefficient (Wildman–Crippen LogP) is 2.15. The van der Waals surface area contributed by atoms with Crippen LogP contribution in [0, 0.1) is 6.92 Å². The van der Waals surface area contributed by atoms with Gasteiger partial charge in [0.2, 0.25) is 0 Å². The van der Waals surface area contributed by atoms with Crippen molar-refractivity contribution in [3.8, 4) is 0 Å². The van der Waals surface area contributed by atoms with Crippen LogP contribution in [0.3, 0.4) is 0 Å². The van der Waals surface area contributed by atoms with Gasteiger partial charge in [0.25, 0.3) is 0 Å². The molecule has 1 aromatic rings. The van der Waals surface area contributed by atoms with Gasteiger partial charge in [-0.15, -0.1) is 0 Å². The summed E-state index contributed by atoms with van der Waals surface area (Å²) in [6, 6.07) is 7.64. The molecule has 0 amide bonds. The van der Waals surface area contributed by atoms with Gasteiger partial charge in [-0.2, -0.15) is 0 Å². The van der Waals surface area contributed by atoms with E-state index in [2.05, 4.69) is 0 Å². The van der Waals surface area contributed by atoms with Gasteiger partial charge in [-0.05, 0) is 32.4 Å². The number of hydrogen-bond donors (Lipinski definition) is 1. The molecular weight excluding hydrogens is 288 g/mol. The van der Waals surface area contributed by atoms with Gasteiger partial charge in [0.1, 0.15) is 0 Å². The largest absolute Gasteiger partial charge is 0.389 e. The Bertz CT molecular complexity index is 532. The maximum atomic E-state index is 12.9. The molecule has 1 aromatic carbocycles. The van der Waals surface area contributed by atoms with Gasteiger partial charge in [-0.1, -0.05) is 17.7 Å². The van der Waals surface area contributed by atoms with Gasteiger partial charge in [0.05, 0.1) is 34.9 Å². The number of rotatable bonds is 2. The molecule has 3 rings (SSSR count). The standard InChI is InChI=1S/C16H22O4S/c1-12-3-5-13(6-4-12)21(18)14-11-16(19-9-10-20-16)8-7-15(14,2)17/h3-6,14,17H,7-11H2,1-2H3/t14-,15-,21-/m0/s1. The summed E-state index contributed by atoms with van der Waals surface area (Å²) >= 11 is 0. The first-order valence-corrected chi connectivity index (χ1v) is 8.61. The van der Waals surface area contributed by atoms with Crippen LogP contribution in [0.5, 0.6) is 0 Å². The first-order chi connectivity index (χ1) is 9.92. The second-order valence-electron chi connectivity index (χ2n) is 6.27. The zero-order chi connectivity index (χ0) is 15.1. The lowest BCUT2D eigenvalue weighted by Crippen LogP contribution is -2.53. The van der Waals surface area contributed by atoms with Gasteiger partial charge in [0.15, 0.2) is 5.79 Å². The second-order valence-corrected chi connectivity index (χ2v) is 7.90. The van der Waals surface area contributed by atoms with E-state index in [1.165, 1.54) is 0 Å². The number of aliphatic hydroxyl groups is 1. The fraction of sp³-hybridized carbons (Fsp3) is 0.625. The van der Waals surface area contributed by atoms with Crippen LogP contribution in [0.15, 0.2) is 29.2 Å². The Morgan fingerprint density at radius 2 is 1.81 bits per heavy atom. The van der Waals surface area contributed by atoms with Crippen molar-refractivity contribution in [3.63, 3.8) is 0 Å². The van der Waals surface area contributed by atoms with Gasteiger partial charge >= 0.3 is 0 Å². The van der Waals surface area contributed by atoms with Crippen LogP contribution in [-0.4, -0.2) is 39.2 Å². The van der Waals surface area contributed by atoms with Gasteiger partial charge < -0.3 is 14.6 Å². The van der Waals surface area contributed by atoms with Crippen LogP contribution >= 0.6 is 0 Å². The lowest BCUT2D eigenvalue weighted by molar-refractivity contribution is -0.197. The van der Waals surface area contributed by atoms with Crippen LogP contribution in [0.1, 0.15) is 31.7 Å². The highest BCUT2D eigenvalue weighted by atomic mass is 32.2. The Morgan fingerprint density at radius 1 is 1.19 bits per heavy atom. The first kappa shape index (κ1) is 15.2. The summed E-state index contributed by atoms with van der Waals surface area (Å²) in [7, 11) is -1.28. The van der Waals surface area contributed by atoms with Gasteiger partial charge in [-0.25, -0.2) is 0 Å². The summed E-state index contributed by atoms with van der Waals surface area (Å²) in [6.07, 6.45) is 1.66. The molecule has 0 unspecified atom stereocenters. The zero-order valence-corrected chi connectivity index (χ0v) is 13.3. The molecule has 116 valence electrons. The third-order valence-corrected chi connectivity index (χ3v) is 6.46. The van der Waals surface area contributed by atoms with E-state index in [1.54, 1.807) is 6.92 Å². The average Bonchev–Trinajstić information content (AvgIpc) is 2.91. The summed E-state index contributed by atoms with van der Waals surface area (Å²) in [5.74, 6) is -0.646. The van der Waals surface area contributed by atoms with Gasteiger partial charge in [0, 0.05) is 17.7 Å². The molecule has 1 saturated carbocycles. The molecule has 1 heterocycles. The van der Waals surface area contributed by atoms with E-state index in [0.717, 1.165) is 10.5 Å². The van der Waals surface area contributed by atoms with Crippen LogP contribution < -0.4 is 0 Å². The minimum Gasteiger partial charge on any atom is -0.389 e. The van der Waals surface area contributed by atoms with E-state index < -0.39 is 22.2 Å². The molecule has 5 heteroatoms. The molecule has 0 bridgehead atoms. The molecule has 0 radical (unpaired) electrons. The third kappa shape index (κ3) is 2.93. The smallest absolute Gasteiger partial charge is 0.169 e. The maximum Gasteiger partial charge on any atom is 0.169 e. The van der Waals surface area contributed by atoms with Crippen LogP contribution in [0.2, 0.25) is 0 Å². The van der Waals surface area contributed by atoms with Crippen molar-refractivity contribution in [1.29, 1.82) is 0 Å². The maximum absolute atomic E-state index is 12.9. The molecule has 1 aliphatic carbocycles. The molecule has 1 saturated heterocycles. The summed E-state index contributed by atoms with van der Waals surface area (Å²) in [6.45, 7) is 4.92. The SMILES string of the molecule is Cc1ccc([S@](=O)[C@H]2CC3(CC[C@]2(C)O)OCCO3)cc1. The van der Waals surface area contributed by atoms with Crippen LogP contribution in [-0.2, 0) is 20.3 Å². The number of ether oxygens (including phenoxy) is 2. The molecule has 2 aliphatic rings. The average molecular weight is 310 g/mol. The molecule has 1 N–H and O–H groups in total. The summed E-state index contributed by atoms with van der Waals surface area (Å²) in [4.78, 5) is 0.751. The second kappa shape index (κ2) is 5.47. The lowest BCUT2D eigenvalue weighted by Gasteiger charge is -2.44. The van der Waals surface area contributed by atoms with Crippen molar-refractivity contribution in [1.82, 2.24) is 0 Å². The Morgan fingerprint density at radius 3 is 2.43 bits per heavy atom. The molecule has 1 spiro atoms. The highest BCUT2D eigenvalue weighted by molar-refractivity contribution is 7.85. The minimum absolute atomic E-state index is 0.382. The summed E-state index contributed by atoms with van der Waals surface area (Å²) in [5.41, 5.74) is 0.168. The summed E-state index contributed by atoms with van der Waals surface area (Å²) in [5, 5.41) is 10.3. The Labute approximate surface area is 127 Å². The molecule has 3 atom stereocenters. The Hall–Kier alpha value is -0.750. The van der Waals surface area contributed by atoms with Crippen molar-refractivity contribution in [3.05, 3.63) is 29.8 Å². The Kier molecular flexibility index (Phi) is 3.94. The van der Waals surface area contributed by atoms with Crippen LogP contribution in [0.25, 0.3) is 0 Å². The molecule has 4 nitrogen and oxygen atoms in total. The van der Waals surface area contributed by atoms with Crippen molar-refractivity contribution in [2.24, 2.45) is 0 Å². The quantitative estimate of drug-likeness (QED) is 0.909. The predicted molar refractivity (Wildman–Crippen MR) is 80.5 cm³/mol. The van der Waals surface area contributed by atoms with E-state index in [-0.39, 0.29) is 5.25 Å².